The summed E-state index contributed by atoms with van der Waals surface area (Å²) in [6.07, 6.45) is 7.58. The topological polar surface area (TPSA) is 32.8 Å². The Morgan fingerprint density at radius 1 is 1.00 bits per heavy atom. The number of nitrogens with zero attached hydrogens (tertiary/aromatic N) is 2. The summed E-state index contributed by atoms with van der Waals surface area (Å²) in [6.45, 7) is 3.45. The predicted octanol–water partition coefficient (Wildman–Crippen LogP) is 3.45. The largest absolute Gasteiger partial charge is 0.489 e. The predicted molar refractivity (Wildman–Crippen MR) is 97.1 cm³/mol. The Bertz CT molecular complexity index is 708. The third kappa shape index (κ3) is 1.97. The van der Waals surface area contributed by atoms with Gasteiger partial charge in [-0.2, -0.15) is 0 Å². The standard InChI is InChI=1S/C21H26N2O2/c24-20(21-11-14-8-15(12-21)10-16(9-14)13-21)23-5-4-22-6-7-25-18-3-1-2-17(23)19(18)22/h1-3,14-16H,4-13H2. The van der Waals surface area contributed by atoms with E-state index < -0.39 is 0 Å². The minimum Gasteiger partial charge on any atom is -0.489 e. The van der Waals surface area contributed by atoms with Crippen molar-refractivity contribution in [3.05, 3.63) is 18.2 Å². The summed E-state index contributed by atoms with van der Waals surface area (Å²) in [5.41, 5.74) is 2.18. The first-order valence-electron chi connectivity index (χ1n) is 10.0. The van der Waals surface area contributed by atoms with Crippen molar-refractivity contribution in [3.63, 3.8) is 0 Å². The molecule has 2 aliphatic heterocycles. The van der Waals surface area contributed by atoms with Gasteiger partial charge in [0.1, 0.15) is 18.0 Å². The van der Waals surface area contributed by atoms with Crippen LogP contribution in [-0.4, -0.2) is 32.1 Å². The highest BCUT2D eigenvalue weighted by Crippen LogP contribution is 2.61. The molecule has 7 rings (SSSR count). The van der Waals surface area contributed by atoms with Gasteiger partial charge in [0, 0.05) is 13.1 Å². The first kappa shape index (κ1) is 14.5. The van der Waals surface area contributed by atoms with Crippen molar-refractivity contribution in [3.8, 4) is 5.75 Å². The molecule has 25 heavy (non-hydrogen) atoms. The lowest BCUT2D eigenvalue weighted by Gasteiger charge is -2.57. The summed E-state index contributed by atoms with van der Waals surface area (Å²) in [5, 5.41) is 0. The Hall–Kier alpha value is -1.71. The van der Waals surface area contributed by atoms with E-state index in [-0.39, 0.29) is 5.41 Å². The minimum atomic E-state index is -0.0603. The number of anilines is 2. The van der Waals surface area contributed by atoms with E-state index in [1.807, 2.05) is 12.1 Å². The number of carbonyl (C=O) groups is 1. The molecule has 0 radical (unpaired) electrons. The summed E-state index contributed by atoms with van der Waals surface area (Å²) in [4.78, 5) is 18.3. The molecule has 4 bridgehead atoms. The Kier molecular flexibility index (Phi) is 2.85. The van der Waals surface area contributed by atoms with Crippen molar-refractivity contribution in [2.24, 2.45) is 23.2 Å². The summed E-state index contributed by atoms with van der Waals surface area (Å²) in [6, 6.07) is 6.21. The maximum absolute atomic E-state index is 13.8. The quantitative estimate of drug-likeness (QED) is 0.786. The lowest BCUT2D eigenvalue weighted by molar-refractivity contribution is -0.143. The third-order valence-electron chi connectivity index (χ3n) is 7.53. The second-order valence-corrected chi connectivity index (χ2v) is 9.11. The van der Waals surface area contributed by atoms with E-state index in [0.29, 0.717) is 5.91 Å². The smallest absolute Gasteiger partial charge is 0.233 e. The van der Waals surface area contributed by atoms with E-state index in [1.54, 1.807) is 0 Å². The molecule has 4 fully saturated rings. The normalized spacial score (nSPS) is 37.7. The Morgan fingerprint density at radius 3 is 2.44 bits per heavy atom. The second kappa shape index (κ2) is 4.93. The lowest BCUT2D eigenvalue weighted by atomic mass is 9.49. The van der Waals surface area contributed by atoms with Crippen LogP contribution in [0, 0.1) is 23.2 Å². The van der Waals surface area contributed by atoms with Gasteiger partial charge in [0.15, 0.2) is 0 Å². The molecule has 0 saturated heterocycles. The molecular formula is C21H26N2O2. The van der Waals surface area contributed by atoms with Gasteiger partial charge in [-0.3, -0.25) is 4.79 Å². The molecule has 1 aromatic carbocycles. The molecule has 2 heterocycles. The van der Waals surface area contributed by atoms with Crippen LogP contribution < -0.4 is 14.5 Å². The molecule has 0 atom stereocenters. The Morgan fingerprint density at radius 2 is 1.72 bits per heavy atom. The lowest BCUT2D eigenvalue weighted by Crippen LogP contribution is -2.57. The van der Waals surface area contributed by atoms with E-state index in [4.69, 9.17) is 4.74 Å². The molecule has 0 spiro atoms. The molecule has 4 aliphatic carbocycles. The van der Waals surface area contributed by atoms with Crippen LogP contribution in [0.1, 0.15) is 38.5 Å². The fourth-order valence-electron chi connectivity index (χ4n) is 6.98. The highest BCUT2D eigenvalue weighted by atomic mass is 16.5. The molecule has 6 aliphatic rings. The molecule has 1 aromatic rings. The number of hydrogen-bond donors (Lipinski definition) is 0. The SMILES string of the molecule is O=C(N1CCN2CCOc3cccc1c32)C12CC3CC(CC(C3)C1)C2. The molecule has 4 nitrogen and oxygen atoms in total. The van der Waals surface area contributed by atoms with Gasteiger partial charge in [-0.15, -0.1) is 0 Å². The number of carbonyl (C=O) groups excluding carboxylic acids is 1. The fraction of sp³-hybridized carbons (Fsp3) is 0.667. The molecule has 0 unspecified atom stereocenters. The van der Waals surface area contributed by atoms with Crippen LogP contribution in [0.5, 0.6) is 5.75 Å². The van der Waals surface area contributed by atoms with Crippen LogP contribution in [0.2, 0.25) is 0 Å². The van der Waals surface area contributed by atoms with Crippen molar-refractivity contribution in [1.82, 2.24) is 0 Å². The number of hydrogen-bond acceptors (Lipinski definition) is 3. The van der Waals surface area contributed by atoms with Crippen molar-refractivity contribution >= 4 is 17.3 Å². The molecular weight excluding hydrogens is 312 g/mol. The van der Waals surface area contributed by atoms with Gasteiger partial charge in [0.25, 0.3) is 0 Å². The molecule has 1 amide bonds. The van der Waals surface area contributed by atoms with Gasteiger partial charge in [-0.05, 0) is 68.4 Å². The van der Waals surface area contributed by atoms with Gasteiger partial charge in [-0.25, -0.2) is 0 Å². The van der Waals surface area contributed by atoms with Gasteiger partial charge in [-0.1, -0.05) is 6.07 Å². The van der Waals surface area contributed by atoms with Gasteiger partial charge in [0.05, 0.1) is 17.6 Å². The number of para-hydroxylation sites is 1. The van der Waals surface area contributed by atoms with Crippen LogP contribution in [0.3, 0.4) is 0 Å². The average molecular weight is 338 g/mol. The Labute approximate surface area is 149 Å². The molecule has 4 saturated carbocycles. The maximum atomic E-state index is 13.8. The maximum Gasteiger partial charge on any atom is 0.233 e. The Balaban J connectivity index is 1.39. The zero-order chi connectivity index (χ0) is 16.6. The van der Waals surface area contributed by atoms with Gasteiger partial charge in [0.2, 0.25) is 5.91 Å². The van der Waals surface area contributed by atoms with Crippen molar-refractivity contribution in [2.45, 2.75) is 38.5 Å². The fourth-order valence-corrected chi connectivity index (χ4v) is 6.98. The summed E-state index contributed by atoms with van der Waals surface area (Å²) in [5.74, 6) is 3.80. The average Bonchev–Trinajstić information content (AvgIpc) is 2.61. The summed E-state index contributed by atoms with van der Waals surface area (Å²) >= 11 is 0. The number of benzene rings is 1. The number of ether oxygens (including phenoxy) is 1. The van der Waals surface area contributed by atoms with Gasteiger partial charge < -0.3 is 14.5 Å². The molecule has 0 aromatic heterocycles. The summed E-state index contributed by atoms with van der Waals surface area (Å²) in [7, 11) is 0. The molecule has 4 heteroatoms. The van der Waals surface area contributed by atoms with E-state index in [9.17, 15) is 4.79 Å². The number of rotatable bonds is 1. The van der Waals surface area contributed by atoms with Gasteiger partial charge >= 0.3 is 0 Å². The molecule has 0 N–H and O–H groups in total. The highest BCUT2D eigenvalue weighted by Gasteiger charge is 2.56. The van der Waals surface area contributed by atoms with E-state index in [0.717, 1.165) is 80.4 Å². The van der Waals surface area contributed by atoms with Crippen LogP contribution in [-0.2, 0) is 4.79 Å². The zero-order valence-corrected chi connectivity index (χ0v) is 14.7. The summed E-state index contributed by atoms with van der Waals surface area (Å²) < 4.78 is 5.87. The molecule has 132 valence electrons. The van der Waals surface area contributed by atoms with E-state index in [2.05, 4.69) is 15.9 Å². The second-order valence-electron chi connectivity index (χ2n) is 9.11. The first-order chi connectivity index (χ1) is 12.2. The third-order valence-corrected chi connectivity index (χ3v) is 7.53. The van der Waals surface area contributed by atoms with Crippen LogP contribution >= 0.6 is 0 Å². The first-order valence-corrected chi connectivity index (χ1v) is 10.0. The van der Waals surface area contributed by atoms with E-state index >= 15 is 0 Å². The monoisotopic (exact) mass is 338 g/mol. The van der Waals surface area contributed by atoms with E-state index in [1.165, 1.54) is 19.3 Å². The minimum absolute atomic E-state index is 0.0603. The highest BCUT2D eigenvalue weighted by molar-refractivity contribution is 6.02. The van der Waals surface area contributed by atoms with Crippen molar-refractivity contribution in [1.29, 1.82) is 0 Å². The van der Waals surface area contributed by atoms with Crippen LogP contribution in [0.4, 0.5) is 11.4 Å². The zero-order valence-electron chi connectivity index (χ0n) is 14.7. The van der Waals surface area contributed by atoms with Crippen molar-refractivity contribution < 1.29 is 9.53 Å². The van der Waals surface area contributed by atoms with Crippen LogP contribution in [0.25, 0.3) is 0 Å². The van der Waals surface area contributed by atoms with Crippen LogP contribution in [0.15, 0.2) is 18.2 Å². The number of amides is 1. The van der Waals surface area contributed by atoms with Crippen molar-refractivity contribution in [2.75, 3.05) is 36.0 Å².